The summed E-state index contributed by atoms with van der Waals surface area (Å²) in [5, 5.41) is 6.21. The molecule has 0 aromatic rings. The summed E-state index contributed by atoms with van der Waals surface area (Å²) >= 11 is 0. The van der Waals surface area contributed by atoms with Gasteiger partial charge in [-0.1, -0.05) is 40.3 Å². The first kappa shape index (κ1) is 22.8. The van der Waals surface area contributed by atoms with E-state index in [2.05, 4.69) is 12.3 Å². The minimum atomic E-state index is 1.14. The summed E-state index contributed by atoms with van der Waals surface area (Å²) in [7, 11) is 1.50. The van der Waals surface area contributed by atoms with E-state index in [0.29, 0.717) is 0 Å². The Morgan fingerprint density at radius 3 is 1.20 bits per heavy atom. The van der Waals surface area contributed by atoms with Crippen LogP contribution in [0.25, 0.3) is 0 Å². The minimum absolute atomic E-state index is 1.14. The lowest BCUT2D eigenvalue weighted by Crippen LogP contribution is -1.69. The molecule has 0 aromatic heterocycles. The van der Waals surface area contributed by atoms with Crippen molar-refractivity contribution in [2.24, 2.45) is 5.73 Å². The van der Waals surface area contributed by atoms with Gasteiger partial charge in [-0.3, -0.25) is 0 Å². The fourth-order valence-corrected chi connectivity index (χ4v) is 0. The van der Waals surface area contributed by atoms with Gasteiger partial charge in [0.05, 0.1) is 0 Å². The van der Waals surface area contributed by atoms with Gasteiger partial charge in [0.15, 0.2) is 0 Å². The number of nitrogens with two attached hydrogens (primary N) is 1. The van der Waals surface area contributed by atoms with Crippen molar-refractivity contribution >= 4 is 6.21 Å². The Kier molecular flexibility index (Phi) is 551. The zero-order chi connectivity index (χ0) is 9.41. The van der Waals surface area contributed by atoms with Crippen molar-refractivity contribution in [2.75, 3.05) is 7.05 Å². The van der Waals surface area contributed by atoms with Crippen LogP contribution in [0.1, 0.15) is 27.7 Å². The fraction of sp³-hybridized carbons (Fsp3) is 0.625. The van der Waals surface area contributed by atoms with E-state index >= 15 is 0 Å². The second-order valence-corrected chi connectivity index (χ2v) is 0.402. The molecule has 0 saturated heterocycles. The highest BCUT2D eigenvalue weighted by molar-refractivity contribution is 5.66. The summed E-state index contributed by atoms with van der Waals surface area (Å²) < 4.78 is 0. The second-order valence-electron chi connectivity index (χ2n) is 0.402. The minimum Gasteiger partial charge on any atom is -0.333 e. The molecule has 2 heteroatoms. The Balaban J connectivity index is -0.0000000262. The highest BCUT2D eigenvalue weighted by Gasteiger charge is 1.31. The van der Waals surface area contributed by atoms with Gasteiger partial charge in [-0.05, 0) is 7.05 Å². The van der Waals surface area contributed by atoms with Crippen LogP contribution < -0.4 is 5.73 Å². The van der Waals surface area contributed by atoms with Crippen LogP contribution in [0.3, 0.4) is 0 Å². The summed E-state index contributed by atoms with van der Waals surface area (Å²) in [5.41, 5.74) is 4.50. The van der Waals surface area contributed by atoms with Crippen molar-refractivity contribution in [2.45, 2.75) is 27.7 Å². The average molecular weight is 146 g/mol. The Morgan fingerprint density at radius 2 is 1.20 bits per heavy atom. The Morgan fingerprint density at radius 1 is 1.10 bits per heavy atom. The van der Waals surface area contributed by atoms with Crippen molar-refractivity contribution in [3.8, 4) is 0 Å². The first-order valence-electron chi connectivity index (χ1n) is 3.61. The number of hydrogen-bond donors (Lipinski definition) is 2. The van der Waals surface area contributed by atoms with Gasteiger partial charge in [-0.25, -0.2) is 0 Å². The summed E-state index contributed by atoms with van der Waals surface area (Å²) in [6.07, 6.45) is 2.56. The molecule has 0 aliphatic heterocycles. The molecule has 0 unspecified atom stereocenters. The molecule has 0 fully saturated rings. The van der Waals surface area contributed by atoms with Crippen LogP contribution in [-0.4, -0.2) is 13.3 Å². The maximum atomic E-state index is 6.21. The molecule has 0 bridgehead atoms. The summed E-state index contributed by atoms with van der Waals surface area (Å²) in [6, 6.07) is 0. The van der Waals surface area contributed by atoms with Gasteiger partial charge in [0.2, 0.25) is 0 Å². The lowest BCUT2D eigenvalue weighted by Gasteiger charge is -1.43. The first-order chi connectivity index (χ1) is 4.91. The van der Waals surface area contributed by atoms with Crippen LogP contribution in [0.5, 0.6) is 0 Å². The molecular weight excluding hydrogens is 124 g/mol. The molecule has 0 aliphatic carbocycles. The summed E-state index contributed by atoms with van der Waals surface area (Å²) in [5.74, 6) is 0. The van der Waals surface area contributed by atoms with Crippen molar-refractivity contribution in [1.82, 2.24) is 0 Å². The Hall–Kier alpha value is -0.630. The molecule has 0 heterocycles. The van der Waals surface area contributed by atoms with Gasteiger partial charge in [0, 0.05) is 6.21 Å². The number of nitrogens with one attached hydrogen (secondary N) is 1. The third-order valence-corrected chi connectivity index (χ3v) is 0.118. The van der Waals surface area contributed by atoms with E-state index in [9.17, 15) is 0 Å². The molecule has 0 saturated carbocycles. The van der Waals surface area contributed by atoms with Crippen LogP contribution in [0, 0.1) is 5.41 Å². The Labute approximate surface area is 65.6 Å². The first-order valence-corrected chi connectivity index (χ1v) is 3.61. The number of allylic oxidation sites excluding steroid dienone is 1. The average Bonchev–Trinajstić information content (AvgIpc) is 2.14. The number of hydrogen-bond acceptors (Lipinski definition) is 2. The zero-order valence-electron chi connectivity index (χ0n) is 7.94. The third kappa shape index (κ3) is 2180. The largest absolute Gasteiger partial charge is 0.333 e. The normalized spacial score (nSPS) is 3.80. The maximum absolute atomic E-state index is 6.21. The van der Waals surface area contributed by atoms with Crippen LogP contribution in [0.15, 0.2) is 12.7 Å². The lowest BCUT2D eigenvalue weighted by molar-refractivity contribution is 1.48. The highest BCUT2D eigenvalue weighted by Crippen LogP contribution is 1.37. The predicted octanol–water partition coefficient (Wildman–Crippen LogP) is 2.45. The van der Waals surface area contributed by atoms with E-state index in [0.717, 1.165) is 6.21 Å². The maximum Gasteiger partial charge on any atom is 0.0171 e. The second kappa shape index (κ2) is 242. The van der Waals surface area contributed by atoms with Gasteiger partial charge in [-0.2, -0.15) is 0 Å². The number of rotatable bonds is 1. The fourth-order valence-electron chi connectivity index (χ4n) is 0. The SMILES string of the molecule is C=CC=N.CC.CC.CN. The standard InChI is InChI=1S/C3H5N.2C2H6.CH5N/c1-2-3-4;3*1-2/h2-4H,1H2;2*1-2H3;2H2,1H3. The molecule has 0 spiro atoms. The van der Waals surface area contributed by atoms with E-state index in [1.807, 2.05) is 27.7 Å². The van der Waals surface area contributed by atoms with Crippen LogP contribution in [0.2, 0.25) is 0 Å². The molecule has 2 nitrogen and oxygen atoms in total. The molecule has 10 heavy (non-hydrogen) atoms. The van der Waals surface area contributed by atoms with Crippen molar-refractivity contribution in [3.05, 3.63) is 12.7 Å². The molecule has 0 amide bonds. The molecular formula is C8H22N2. The molecule has 0 aromatic carbocycles. The van der Waals surface area contributed by atoms with Crippen LogP contribution >= 0.6 is 0 Å². The molecule has 3 N–H and O–H groups in total. The monoisotopic (exact) mass is 146 g/mol. The van der Waals surface area contributed by atoms with Crippen LogP contribution in [0.4, 0.5) is 0 Å². The van der Waals surface area contributed by atoms with Gasteiger partial charge in [-0.15, -0.1) is 0 Å². The van der Waals surface area contributed by atoms with Crippen molar-refractivity contribution in [1.29, 1.82) is 5.41 Å². The highest BCUT2D eigenvalue weighted by atomic mass is 14.4. The Bertz CT molecular complexity index is 28.2. The smallest absolute Gasteiger partial charge is 0.0171 e. The molecule has 0 aliphatic rings. The molecule has 0 radical (unpaired) electrons. The van der Waals surface area contributed by atoms with E-state index in [1.54, 1.807) is 0 Å². The molecule has 64 valence electrons. The van der Waals surface area contributed by atoms with Crippen LogP contribution in [-0.2, 0) is 0 Å². The van der Waals surface area contributed by atoms with Gasteiger partial charge in [0.1, 0.15) is 0 Å². The third-order valence-electron chi connectivity index (χ3n) is 0.118. The predicted molar refractivity (Wildman–Crippen MR) is 51.8 cm³/mol. The van der Waals surface area contributed by atoms with Gasteiger partial charge < -0.3 is 11.1 Å². The molecule has 0 atom stereocenters. The summed E-state index contributed by atoms with van der Waals surface area (Å²) in [4.78, 5) is 0. The van der Waals surface area contributed by atoms with Gasteiger partial charge >= 0.3 is 0 Å². The van der Waals surface area contributed by atoms with E-state index in [4.69, 9.17) is 5.41 Å². The van der Waals surface area contributed by atoms with E-state index in [-0.39, 0.29) is 0 Å². The van der Waals surface area contributed by atoms with Crippen molar-refractivity contribution in [3.63, 3.8) is 0 Å². The quantitative estimate of drug-likeness (QED) is 0.548. The van der Waals surface area contributed by atoms with Crippen molar-refractivity contribution < 1.29 is 0 Å². The van der Waals surface area contributed by atoms with E-state index in [1.165, 1.54) is 13.1 Å². The zero-order valence-corrected chi connectivity index (χ0v) is 7.94. The van der Waals surface area contributed by atoms with E-state index < -0.39 is 0 Å². The molecule has 0 rings (SSSR count). The lowest BCUT2D eigenvalue weighted by atomic mass is 10.7. The van der Waals surface area contributed by atoms with Gasteiger partial charge in [0.25, 0.3) is 0 Å². The topological polar surface area (TPSA) is 49.9 Å². The summed E-state index contributed by atoms with van der Waals surface area (Å²) in [6.45, 7) is 11.2.